The van der Waals surface area contributed by atoms with Crippen molar-refractivity contribution in [2.75, 3.05) is 25.7 Å². The summed E-state index contributed by atoms with van der Waals surface area (Å²) in [6.45, 7) is 0.197. The zero-order valence-corrected chi connectivity index (χ0v) is 17.1. The van der Waals surface area contributed by atoms with E-state index in [1.165, 1.54) is 0 Å². The lowest BCUT2D eigenvalue weighted by Gasteiger charge is -2.28. The van der Waals surface area contributed by atoms with Gasteiger partial charge < -0.3 is 14.8 Å². The fraction of sp³-hybridized carbons (Fsp3) is 0.167. The van der Waals surface area contributed by atoms with Crippen LogP contribution < -0.4 is 20.1 Å². The van der Waals surface area contributed by atoms with E-state index in [4.69, 9.17) is 9.47 Å². The number of benzene rings is 3. The molecule has 7 heteroatoms. The number of ether oxygens (including phenoxy) is 2. The van der Waals surface area contributed by atoms with Crippen LogP contribution in [0.25, 0.3) is 0 Å². The van der Waals surface area contributed by atoms with E-state index >= 15 is 0 Å². The van der Waals surface area contributed by atoms with E-state index in [0.717, 1.165) is 11.1 Å². The molecule has 0 bridgehead atoms. The van der Waals surface area contributed by atoms with Crippen molar-refractivity contribution in [1.29, 1.82) is 0 Å². The molecule has 3 amide bonds. The highest BCUT2D eigenvalue weighted by Crippen LogP contribution is 2.34. The molecule has 0 atom stereocenters. The second-order valence-corrected chi connectivity index (χ2v) is 7.21. The number of urea groups is 1. The summed E-state index contributed by atoms with van der Waals surface area (Å²) in [6.07, 6.45) is 0. The van der Waals surface area contributed by atoms with Gasteiger partial charge in [-0.3, -0.25) is 15.0 Å². The summed E-state index contributed by atoms with van der Waals surface area (Å²) in [5, 5.41) is 5.03. The first kappa shape index (κ1) is 20.4. The summed E-state index contributed by atoms with van der Waals surface area (Å²) < 4.78 is 10.5. The zero-order chi connectivity index (χ0) is 21.6. The number of likely N-dealkylation sites (N-methyl/N-ethyl adjacent to an activating group) is 1. The molecule has 7 nitrogen and oxygen atoms in total. The first-order chi connectivity index (χ1) is 15.1. The molecule has 2 N–H and O–H groups in total. The van der Waals surface area contributed by atoms with Gasteiger partial charge in [0.25, 0.3) is 0 Å². The van der Waals surface area contributed by atoms with Gasteiger partial charge in [-0.05, 0) is 30.3 Å². The topological polar surface area (TPSA) is 79.9 Å². The summed E-state index contributed by atoms with van der Waals surface area (Å²) in [6, 6.07) is 24.2. The Morgan fingerprint density at radius 1 is 0.903 bits per heavy atom. The van der Waals surface area contributed by atoms with E-state index in [1.807, 2.05) is 72.6 Å². The Bertz CT molecular complexity index is 1020. The van der Waals surface area contributed by atoms with Gasteiger partial charge in [0.05, 0.1) is 12.6 Å². The van der Waals surface area contributed by atoms with E-state index in [0.29, 0.717) is 17.2 Å². The molecule has 31 heavy (non-hydrogen) atoms. The van der Waals surface area contributed by atoms with E-state index in [9.17, 15) is 9.59 Å². The lowest BCUT2D eigenvalue weighted by molar-refractivity contribution is -0.121. The summed E-state index contributed by atoms with van der Waals surface area (Å²) in [5.41, 5.74) is 2.64. The minimum Gasteiger partial charge on any atom is -0.454 e. The molecule has 3 aromatic carbocycles. The molecular weight excluding hydrogens is 394 g/mol. The summed E-state index contributed by atoms with van der Waals surface area (Å²) >= 11 is 0. The number of imide groups is 1. The van der Waals surface area contributed by atoms with Crippen LogP contribution in [0.1, 0.15) is 17.2 Å². The summed E-state index contributed by atoms with van der Waals surface area (Å²) in [7, 11) is 1.86. The van der Waals surface area contributed by atoms with Gasteiger partial charge in [-0.1, -0.05) is 60.7 Å². The maximum Gasteiger partial charge on any atom is 0.325 e. The highest BCUT2D eigenvalue weighted by molar-refractivity contribution is 6.01. The van der Waals surface area contributed by atoms with Crippen molar-refractivity contribution in [3.05, 3.63) is 90.0 Å². The number of rotatable bonds is 6. The van der Waals surface area contributed by atoms with Crippen molar-refractivity contribution in [3.63, 3.8) is 0 Å². The molecule has 4 rings (SSSR count). The normalized spacial score (nSPS) is 12.1. The average molecular weight is 417 g/mol. The monoisotopic (exact) mass is 417 g/mol. The fourth-order valence-corrected chi connectivity index (χ4v) is 3.59. The number of fused-ring (bicyclic) bond motifs is 1. The van der Waals surface area contributed by atoms with Gasteiger partial charge in [0.1, 0.15) is 0 Å². The molecule has 0 unspecified atom stereocenters. The molecule has 1 heterocycles. The SMILES string of the molecule is CN(CC(=O)NC(=O)Nc1ccc2c(c1)OCO2)C(c1ccccc1)c1ccccc1. The van der Waals surface area contributed by atoms with Crippen LogP contribution in [0.2, 0.25) is 0 Å². The average Bonchev–Trinajstić information content (AvgIpc) is 3.23. The van der Waals surface area contributed by atoms with Crippen LogP contribution in [0, 0.1) is 0 Å². The van der Waals surface area contributed by atoms with Crippen molar-refractivity contribution in [3.8, 4) is 11.5 Å². The number of hydrogen-bond acceptors (Lipinski definition) is 5. The molecule has 0 aromatic heterocycles. The maximum absolute atomic E-state index is 12.6. The lowest BCUT2D eigenvalue weighted by Crippen LogP contribution is -2.41. The Labute approximate surface area is 180 Å². The molecule has 0 saturated carbocycles. The van der Waals surface area contributed by atoms with Crippen LogP contribution in [0.5, 0.6) is 11.5 Å². The minimum atomic E-state index is -0.603. The third-order valence-electron chi connectivity index (χ3n) is 4.95. The largest absolute Gasteiger partial charge is 0.454 e. The van der Waals surface area contributed by atoms with E-state index in [2.05, 4.69) is 10.6 Å². The lowest BCUT2D eigenvalue weighted by atomic mass is 9.97. The van der Waals surface area contributed by atoms with Crippen LogP contribution in [-0.2, 0) is 4.79 Å². The van der Waals surface area contributed by atoms with Crippen molar-refractivity contribution in [1.82, 2.24) is 10.2 Å². The number of carbonyl (C=O) groups is 2. The highest BCUT2D eigenvalue weighted by Gasteiger charge is 2.22. The summed E-state index contributed by atoms with van der Waals surface area (Å²) in [4.78, 5) is 26.7. The molecule has 3 aromatic rings. The predicted molar refractivity (Wildman–Crippen MR) is 117 cm³/mol. The number of anilines is 1. The second-order valence-electron chi connectivity index (χ2n) is 7.21. The Morgan fingerprint density at radius 2 is 1.52 bits per heavy atom. The van der Waals surface area contributed by atoms with Crippen LogP contribution in [0.4, 0.5) is 10.5 Å². The molecule has 0 radical (unpaired) electrons. The van der Waals surface area contributed by atoms with Crippen molar-refractivity contribution >= 4 is 17.6 Å². The minimum absolute atomic E-state index is 0.0447. The van der Waals surface area contributed by atoms with Crippen LogP contribution in [0.15, 0.2) is 78.9 Å². The van der Waals surface area contributed by atoms with Gasteiger partial charge in [0.2, 0.25) is 12.7 Å². The van der Waals surface area contributed by atoms with E-state index in [1.54, 1.807) is 18.2 Å². The molecule has 1 aliphatic heterocycles. The standard InChI is InChI=1S/C24H23N3O4/c1-27(23(17-8-4-2-5-9-17)18-10-6-3-7-11-18)15-22(28)26-24(29)25-19-12-13-20-21(14-19)31-16-30-20/h2-14,23H,15-16H2,1H3,(H2,25,26,28,29). The zero-order valence-electron chi connectivity index (χ0n) is 17.1. The molecule has 0 saturated heterocycles. The van der Waals surface area contributed by atoms with Crippen molar-refractivity contribution < 1.29 is 19.1 Å². The predicted octanol–water partition coefficient (Wildman–Crippen LogP) is 3.78. The molecule has 0 fully saturated rings. The molecular formula is C24H23N3O4. The third kappa shape index (κ3) is 5.02. The van der Waals surface area contributed by atoms with Gasteiger partial charge >= 0.3 is 6.03 Å². The number of hydrogen-bond donors (Lipinski definition) is 2. The van der Waals surface area contributed by atoms with Gasteiger partial charge in [0, 0.05) is 11.8 Å². The number of nitrogens with one attached hydrogen (secondary N) is 2. The van der Waals surface area contributed by atoms with Gasteiger partial charge in [-0.15, -0.1) is 0 Å². The number of nitrogens with zero attached hydrogens (tertiary/aromatic N) is 1. The maximum atomic E-state index is 12.6. The number of carbonyl (C=O) groups excluding carboxylic acids is 2. The molecule has 0 aliphatic carbocycles. The van der Waals surface area contributed by atoms with Crippen LogP contribution in [-0.4, -0.2) is 37.2 Å². The molecule has 1 aliphatic rings. The third-order valence-corrected chi connectivity index (χ3v) is 4.95. The fourth-order valence-electron chi connectivity index (χ4n) is 3.59. The van der Waals surface area contributed by atoms with Gasteiger partial charge in [-0.25, -0.2) is 4.79 Å². The van der Waals surface area contributed by atoms with Crippen LogP contribution >= 0.6 is 0 Å². The van der Waals surface area contributed by atoms with Crippen molar-refractivity contribution in [2.45, 2.75) is 6.04 Å². The second kappa shape index (κ2) is 9.32. The first-order valence-corrected chi connectivity index (χ1v) is 9.91. The smallest absolute Gasteiger partial charge is 0.325 e. The highest BCUT2D eigenvalue weighted by atomic mass is 16.7. The number of amides is 3. The van der Waals surface area contributed by atoms with Gasteiger partial charge in [-0.2, -0.15) is 0 Å². The van der Waals surface area contributed by atoms with Crippen LogP contribution in [0.3, 0.4) is 0 Å². The summed E-state index contributed by atoms with van der Waals surface area (Å²) in [5.74, 6) is 0.770. The Balaban J connectivity index is 1.40. The molecule has 0 spiro atoms. The Hall–Kier alpha value is -3.84. The first-order valence-electron chi connectivity index (χ1n) is 9.91. The Morgan fingerprint density at radius 3 is 2.16 bits per heavy atom. The Kier molecular flexibility index (Phi) is 6.14. The quantitative estimate of drug-likeness (QED) is 0.638. The molecule has 158 valence electrons. The van der Waals surface area contributed by atoms with Crippen molar-refractivity contribution in [2.24, 2.45) is 0 Å². The van der Waals surface area contributed by atoms with E-state index < -0.39 is 11.9 Å². The van der Waals surface area contributed by atoms with Gasteiger partial charge in [0.15, 0.2) is 11.5 Å². The van der Waals surface area contributed by atoms with E-state index in [-0.39, 0.29) is 19.4 Å².